The van der Waals surface area contributed by atoms with Crippen molar-refractivity contribution in [1.29, 1.82) is 0 Å². The molecule has 0 atom stereocenters. The van der Waals surface area contributed by atoms with E-state index in [0.29, 0.717) is 42.6 Å². The lowest BCUT2D eigenvalue weighted by molar-refractivity contribution is -0.122. The predicted molar refractivity (Wildman–Crippen MR) is 145 cm³/mol. The molecule has 8 nitrogen and oxygen atoms in total. The Hall–Kier alpha value is -4.30. The van der Waals surface area contributed by atoms with Gasteiger partial charge in [-0.15, -0.1) is 0 Å². The molecule has 9 heteroatoms. The zero-order valence-corrected chi connectivity index (χ0v) is 21.8. The molecule has 0 bridgehead atoms. The van der Waals surface area contributed by atoms with Crippen LogP contribution in [-0.2, 0) is 16.2 Å². The molecule has 1 aliphatic rings. The molecule has 38 heavy (non-hydrogen) atoms. The molecule has 1 heterocycles. The number of nitrogens with one attached hydrogen (secondary N) is 1. The molecule has 0 spiro atoms. The number of benzene rings is 3. The van der Waals surface area contributed by atoms with E-state index in [1.165, 1.54) is 6.08 Å². The predicted octanol–water partition coefficient (Wildman–Crippen LogP) is 5.77. The summed E-state index contributed by atoms with van der Waals surface area (Å²) in [6.07, 6.45) is 2.15. The summed E-state index contributed by atoms with van der Waals surface area (Å²) in [7, 11) is 0. The smallest absolute Gasteiger partial charge is 0.335 e. The molecular formula is C29H27ClN2O6. The number of anilines is 1. The SMILES string of the molecule is CCCOc1c(Cl)cc(/C=C2\C(=O)NC(=O)N(c3ccc(OCc4ccccc4)cc3)C2=O)cc1OCC. The van der Waals surface area contributed by atoms with Gasteiger partial charge in [0.25, 0.3) is 11.8 Å². The minimum absolute atomic E-state index is 0.227. The number of barbiturate groups is 1. The molecule has 1 N–H and O–H groups in total. The molecule has 3 aromatic rings. The molecule has 1 saturated heterocycles. The fourth-order valence-electron chi connectivity index (χ4n) is 3.77. The molecular weight excluding hydrogens is 508 g/mol. The Morgan fingerprint density at radius 3 is 2.34 bits per heavy atom. The molecule has 0 saturated carbocycles. The summed E-state index contributed by atoms with van der Waals surface area (Å²) >= 11 is 6.43. The molecule has 4 amide bonds. The maximum Gasteiger partial charge on any atom is 0.335 e. The lowest BCUT2D eigenvalue weighted by Gasteiger charge is -2.26. The summed E-state index contributed by atoms with van der Waals surface area (Å²) in [6.45, 7) is 4.99. The van der Waals surface area contributed by atoms with Gasteiger partial charge >= 0.3 is 6.03 Å². The summed E-state index contributed by atoms with van der Waals surface area (Å²) in [5.74, 6) is -0.222. The zero-order valence-electron chi connectivity index (χ0n) is 21.0. The van der Waals surface area contributed by atoms with Gasteiger partial charge in [-0.2, -0.15) is 0 Å². The lowest BCUT2D eigenvalue weighted by atomic mass is 10.1. The topological polar surface area (TPSA) is 94.2 Å². The van der Waals surface area contributed by atoms with E-state index in [-0.39, 0.29) is 16.3 Å². The van der Waals surface area contributed by atoms with Crippen molar-refractivity contribution in [2.24, 2.45) is 0 Å². The molecule has 3 aromatic carbocycles. The Bertz CT molecular complexity index is 1360. The monoisotopic (exact) mass is 534 g/mol. The van der Waals surface area contributed by atoms with Crippen molar-refractivity contribution in [1.82, 2.24) is 5.32 Å². The van der Waals surface area contributed by atoms with Crippen molar-refractivity contribution in [3.63, 3.8) is 0 Å². The first-order valence-corrected chi connectivity index (χ1v) is 12.6. The highest BCUT2D eigenvalue weighted by molar-refractivity contribution is 6.39. The first-order chi connectivity index (χ1) is 18.4. The van der Waals surface area contributed by atoms with E-state index in [1.54, 1.807) is 36.4 Å². The largest absolute Gasteiger partial charge is 0.490 e. The van der Waals surface area contributed by atoms with Gasteiger partial charge in [0.15, 0.2) is 11.5 Å². The van der Waals surface area contributed by atoms with Crippen molar-refractivity contribution in [2.75, 3.05) is 18.1 Å². The fraction of sp³-hybridized carbons (Fsp3) is 0.207. The number of amides is 4. The number of halogens is 1. The van der Waals surface area contributed by atoms with Crippen molar-refractivity contribution in [2.45, 2.75) is 26.9 Å². The van der Waals surface area contributed by atoms with Crippen molar-refractivity contribution >= 4 is 41.2 Å². The first kappa shape index (κ1) is 26.8. The highest BCUT2D eigenvalue weighted by atomic mass is 35.5. The van der Waals surface area contributed by atoms with E-state index in [9.17, 15) is 14.4 Å². The number of carbonyl (C=O) groups is 3. The van der Waals surface area contributed by atoms with Gasteiger partial charge in [-0.3, -0.25) is 14.9 Å². The van der Waals surface area contributed by atoms with Crippen LogP contribution in [0.25, 0.3) is 6.08 Å². The number of rotatable bonds is 10. The van der Waals surface area contributed by atoms with Crippen LogP contribution in [0.2, 0.25) is 5.02 Å². The van der Waals surface area contributed by atoms with Crippen LogP contribution in [0.4, 0.5) is 10.5 Å². The van der Waals surface area contributed by atoms with E-state index in [0.717, 1.165) is 16.9 Å². The first-order valence-electron chi connectivity index (χ1n) is 12.2. The average molecular weight is 535 g/mol. The van der Waals surface area contributed by atoms with Gasteiger partial charge in [-0.1, -0.05) is 48.9 Å². The van der Waals surface area contributed by atoms with Crippen molar-refractivity contribution in [3.05, 3.63) is 88.5 Å². The number of nitrogens with zero attached hydrogens (tertiary/aromatic N) is 1. The maximum absolute atomic E-state index is 13.3. The van der Waals surface area contributed by atoms with Gasteiger partial charge in [0, 0.05) is 0 Å². The number of carbonyl (C=O) groups excluding carboxylic acids is 3. The number of imide groups is 2. The minimum atomic E-state index is -0.841. The van der Waals surface area contributed by atoms with E-state index in [2.05, 4.69) is 5.32 Å². The quantitative estimate of drug-likeness (QED) is 0.262. The van der Waals surface area contributed by atoms with Crippen LogP contribution in [0.15, 0.2) is 72.3 Å². The Kier molecular flexibility index (Phi) is 8.66. The van der Waals surface area contributed by atoms with Crippen LogP contribution in [-0.4, -0.2) is 31.1 Å². The van der Waals surface area contributed by atoms with Crippen LogP contribution in [0.5, 0.6) is 17.2 Å². The van der Waals surface area contributed by atoms with Crippen molar-refractivity contribution < 1.29 is 28.6 Å². The highest BCUT2D eigenvalue weighted by Crippen LogP contribution is 2.37. The second-order valence-corrected chi connectivity index (χ2v) is 8.74. The normalized spacial score (nSPS) is 14.4. The Morgan fingerprint density at radius 1 is 0.921 bits per heavy atom. The van der Waals surface area contributed by atoms with Crippen LogP contribution in [0.1, 0.15) is 31.4 Å². The molecule has 1 fully saturated rings. The second-order valence-electron chi connectivity index (χ2n) is 8.34. The second kappa shape index (κ2) is 12.3. The van der Waals surface area contributed by atoms with Gasteiger partial charge in [0.05, 0.1) is 23.9 Å². The molecule has 0 radical (unpaired) electrons. The van der Waals surface area contributed by atoms with Gasteiger partial charge in [-0.05, 0) is 66.9 Å². The van der Waals surface area contributed by atoms with E-state index >= 15 is 0 Å². The summed E-state index contributed by atoms with van der Waals surface area (Å²) in [5.41, 5.74) is 1.51. The summed E-state index contributed by atoms with van der Waals surface area (Å²) in [5, 5.41) is 2.50. The number of urea groups is 1. The van der Waals surface area contributed by atoms with Crippen LogP contribution < -0.4 is 24.4 Å². The van der Waals surface area contributed by atoms with E-state index in [4.69, 9.17) is 25.8 Å². The number of hydrogen-bond acceptors (Lipinski definition) is 6. The third-order valence-electron chi connectivity index (χ3n) is 5.54. The standard InChI is InChI=1S/C29H27ClN2O6/c1-3-14-37-26-24(30)16-20(17-25(26)36-4-2)15-23-27(33)31-29(35)32(28(23)34)21-10-12-22(13-11-21)38-18-19-8-6-5-7-9-19/h5-13,15-17H,3-4,14,18H2,1-2H3,(H,31,33,35)/b23-15+. The van der Waals surface area contributed by atoms with Gasteiger partial charge in [0.1, 0.15) is 17.9 Å². The van der Waals surface area contributed by atoms with Gasteiger partial charge in [-0.25, -0.2) is 9.69 Å². The van der Waals surface area contributed by atoms with Crippen molar-refractivity contribution in [3.8, 4) is 17.2 Å². The summed E-state index contributed by atoms with van der Waals surface area (Å²) < 4.78 is 17.2. The van der Waals surface area contributed by atoms with E-state index in [1.807, 2.05) is 44.2 Å². The molecule has 196 valence electrons. The molecule has 0 aliphatic carbocycles. The lowest BCUT2D eigenvalue weighted by Crippen LogP contribution is -2.54. The van der Waals surface area contributed by atoms with E-state index < -0.39 is 17.8 Å². The number of ether oxygens (including phenoxy) is 3. The maximum atomic E-state index is 13.3. The van der Waals surface area contributed by atoms with Gasteiger partial charge < -0.3 is 14.2 Å². The van der Waals surface area contributed by atoms with Crippen LogP contribution in [0, 0.1) is 0 Å². The summed E-state index contributed by atoms with van der Waals surface area (Å²) in [4.78, 5) is 39.4. The Labute approximate surface area is 225 Å². The summed E-state index contributed by atoms with van der Waals surface area (Å²) in [6, 6.07) is 18.5. The number of hydrogen-bond donors (Lipinski definition) is 1. The molecule has 0 aromatic heterocycles. The fourth-order valence-corrected chi connectivity index (χ4v) is 4.04. The zero-order chi connectivity index (χ0) is 27.1. The minimum Gasteiger partial charge on any atom is -0.490 e. The molecule has 0 unspecified atom stereocenters. The Balaban J connectivity index is 1.57. The average Bonchev–Trinajstić information content (AvgIpc) is 2.91. The van der Waals surface area contributed by atoms with Gasteiger partial charge in [0.2, 0.25) is 0 Å². The molecule has 1 aliphatic heterocycles. The molecule has 4 rings (SSSR count). The third kappa shape index (κ3) is 6.15. The third-order valence-corrected chi connectivity index (χ3v) is 5.82. The van der Waals surface area contributed by atoms with Crippen LogP contribution >= 0.6 is 11.6 Å². The Morgan fingerprint density at radius 2 is 1.66 bits per heavy atom. The highest BCUT2D eigenvalue weighted by Gasteiger charge is 2.37. The van der Waals surface area contributed by atoms with Crippen LogP contribution in [0.3, 0.4) is 0 Å².